The fourth-order valence-corrected chi connectivity index (χ4v) is 1.30. The largest absolute Gasteiger partial charge is 0.377 e. The van der Waals surface area contributed by atoms with Gasteiger partial charge in [-0.3, -0.25) is 4.68 Å². The smallest absolute Gasteiger partial charge is 0.169 e. The summed E-state index contributed by atoms with van der Waals surface area (Å²) in [5.41, 5.74) is 0.366. The van der Waals surface area contributed by atoms with E-state index in [1.165, 1.54) is 12.1 Å². The topological polar surface area (TPSA) is 42.7 Å². The first kappa shape index (κ1) is 10.5. The van der Waals surface area contributed by atoms with Crippen molar-refractivity contribution >= 4 is 5.69 Å². The van der Waals surface area contributed by atoms with Crippen LogP contribution in [-0.2, 0) is 13.6 Å². The van der Waals surface area contributed by atoms with Crippen LogP contribution in [0, 0.1) is 11.6 Å². The number of hydrogen-bond acceptors (Lipinski definition) is 3. The van der Waals surface area contributed by atoms with Gasteiger partial charge in [0.25, 0.3) is 0 Å². The number of nitrogens with zero attached hydrogens (tertiary/aromatic N) is 3. The molecule has 1 N–H and O–H groups in total. The van der Waals surface area contributed by atoms with Crippen LogP contribution in [-0.4, -0.2) is 14.8 Å². The molecule has 84 valence electrons. The minimum absolute atomic E-state index is 0.323. The van der Waals surface area contributed by atoms with E-state index >= 15 is 0 Å². The van der Waals surface area contributed by atoms with Crippen LogP contribution in [0.5, 0.6) is 0 Å². The third-order valence-electron chi connectivity index (χ3n) is 1.96. The monoisotopic (exact) mass is 224 g/mol. The van der Waals surface area contributed by atoms with Crippen molar-refractivity contribution in [2.45, 2.75) is 6.54 Å². The first-order chi connectivity index (χ1) is 7.63. The number of aryl methyl sites for hydroxylation is 1. The highest BCUT2D eigenvalue weighted by atomic mass is 19.1. The third kappa shape index (κ3) is 2.53. The number of benzene rings is 1. The number of aromatic nitrogens is 3. The summed E-state index contributed by atoms with van der Waals surface area (Å²) in [6.45, 7) is 0.323. The maximum atomic E-state index is 12.8. The van der Waals surface area contributed by atoms with E-state index in [0.29, 0.717) is 18.1 Å². The minimum atomic E-state index is -0.614. The highest BCUT2D eigenvalue weighted by molar-refractivity contribution is 5.43. The molecule has 6 heteroatoms. The van der Waals surface area contributed by atoms with Crippen molar-refractivity contribution in [2.24, 2.45) is 7.05 Å². The second-order valence-electron chi connectivity index (χ2n) is 3.35. The molecule has 0 aliphatic heterocycles. The molecule has 0 amide bonds. The number of hydrogen-bond donors (Lipinski definition) is 1. The fraction of sp³-hybridized carbons (Fsp3) is 0.200. The fourth-order valence-electron chi connectivity index (χ4n) is 1.30. The maximum Gasteiger partial charge on any atom is 0.169 e. The van der Waals surface area contributed by atoms with Crippen molar-refractivity contribution < 1.29 is 8.78 Å². The second-order valence-corrected chi connectivity index (χ2v) is 3.35. The number of rotatable bonds is 3. The third-order valence-corrected chi connectivity index (χ3v) is 1.96. The van der Waals surface area contributed by atoms with Crippen LogP contribution in [0.15, 0.2) is 24.5 Å². The van der Waals surface area contributed by atoms with Gasteiger partial charge in [-0.2, -0.15) is 5.10 Å². The number of anilines is 1. The molecular formula is C10H10F2N4. The molecule has 0 atom stereocenters. The first-order valence-electron chi connectivity index (χ1n) is 4.68. The summed E-state index contributed by atoms with van der Waals surface area (Å²) >= 11 is 0. The Morgan fingerprint density at radius 2 is 1.94 bits per heavy atom. The average Bonchev–Trinajstić information content (AvgIpc) is 2.60. The van der Waals surface area contributed by atoms with E-state index in [1.807, 2.05) is 0 Å². The molecule has 0 radical (unpaired) electrons. The molecule has 1 aromatic heterocycles. The lowest BCUT2D eigenvalue weighted by Gasteiger charge is -2.03. The van der Waals surface area contributed by atoms with Crippen molar-refractivity contribution in [3.63, 3.8) is 0 Å². The van der Waals surface area contributed by atoms with Gasteiger partial charge in [0, 0.05) is 18.8 Å². The van der Waals surface area contributed by atoms with E-state index in [2.05, 4.69) is 15.4 Å². The molecule has 0 aliphatic carbocycles. The van der Waals surface area contributed by atoms with Crippen LogP contribution in [0.4, 0.5) is 14.5 Å². The Morgan fingerprint density at radius 3 is 2.50 bits per heavy atom. The molecule has 0 unspecified atom stereocenters. The Bertz CT molecular complexity index is 475. The van der Waals surface area contributed by atoms with Crippen molar-refractivity contribution in [2.75, 3.05) is 5.32 Å². The van der Waals surface area contributed by atoms with E-state index in [0.717, 1.165) is 6.07 Å². The van der Waals surface area contributed by atoms with Crippen molar-refractivity contribution in [3.05, 3.63) is 42.0 Å². The quantitative estimate of drug-likeness (QED) is 0.863. The summed E-state index contributed by atoms with van der Waals surface area (Å²) in [6, 6.07) is 3.25. The normalized spacial score (nSPS) is 10.4. The molecule has 1 aromatic carbocycles. The Kier molecular flexibility index (Phi) is 2.80. The molecule has 0 fully saturated rings. The minimum Gasteiger partial charge on any atom is -0.377 e. The number of nitrogens with one attached hydrogen (secondary N) is 1. The van der Waals surface area contributed by atoms with Gasteiger partial charge < -0.3 is 5.32 Å². The highest BCUT2D eigenvalue weighted by Gasteiger charge is 2.02. The lowest BCUT2D eigenvalue weighted by Crippen LogP contribution is -2.02. The van der Waals surface area contributed by atoms with Crippen molar-refractivity contribution in [1.29, 1.82) is 0 Å². The molecule has 0 saturated heterocycles. The predicted molar refractivity (Wildman–Crippen MR) is 54.7 cm³/mol. The molecule has 4 nitrogen and oxygen atoms in total. The summed E-state index contributed by atoms with van der Waals surface area (Å²) in [4.78, 5) is 3.98. The predicted octanol–water partition coefficient (Wildman–Crippen LogP) is 1.71. The van der Waals surface area contributed by atoms with Gasteiger partial charge in [-0.15, -0.1) is 0 Å². The molecule has 2 rings (SSSR count). The van der Waals surface area contributed by atoms with E-state index < -0.39 is 11.6 Å². The van der Waals surface area contributed by atoms with Gasteiger partial charge in [-0.1, -0.05) is 0 Å². The molecule has 2 aromatic rings. The zero-order valence-corrected chi connectivity index (χ0v) is 8.61. The summed E-state index contributed by atoms with van der Waals surface area (Å²) < 4.78 is 27.2. The maximum absolute atomic E-state index is 12.8. The number of halogens is 2. The van der Waals surface area contributed by atoms with Crippen LogP contribution in [0.25, 0.3) is 0 Å². The van der Waals surface area contributed by atoms with E-state index in [-0.39, 0.29) is 0 Å². The molecular weight excluding hydrogens is 214 g/mol. The summed E-state index contributed by atoms with van der Waals surface area (Å²) in [5, 5.41) is 6.86. The zero-order chi connectivity index (χ0) is 11.5. The van der Waals surface area contributed by atoms with Crippen LogP contribution in [0.3, 0.4) is 0 Å². The molecule has 0 bridgehead atoms. The van der Waals surface area contributed by atoms with Gasteiger partial charge in [-0.25, -0.2) is 13.8 Å². The average molecular weight is 224 g/mol. The standard InChI is InChI=1S/C10H10F2N4/c1-16-6-14-10(15-16)5-13-9-3-7(11)2-8(12)4-9/h2-4,6,13H,5H2,1H3. The van der Waals surface area contributed by atoms with Gasteiger partial charge in [-0.05, 0) is 12.1 Å². The SMILES string of the molecule is Cn1cnc(CNc2cc(F)cc(F)c2)n1. The van der Waals surface area contributed by atoms with Gasteiger partial charge >= 0.3 is 0 Å². The van der Waals surface area contributed by atoms with Crippen LogP contribution < -0.4 is 5.32 Å². The van der Waals surface area contributed by atoms with E-state index in [9.17, 15) is 8.78 Å². The van der Waals surface area contributed by atoms with Gasteiger partial charge in [0.15, 0.2) is 5.82 Å². The molecule has 0 aliphatic rings. The van der Waals surface area contributed by atoms with E-state index in [1.54, 1.807) is 18.1 Å². The van der Waals surface area contributed by atoms with Gasteiger partial charge in [0.05, 0.1) is 6.54 Å². The molecule has 0 spiro atoms. The van der Waals surface area contributed by atoms with Crippen LogP contribution >= 0.6 is 0 Å². The lowest BCUT2D eigenvalue weighted by atomic mass is 10.3. The Balaban J connectivity index is 2.04. The highest BCUT2D eigenvalue weighted by Crippen LogP contribution is 2.13. The molecule has 0 saturated carbocycles. The van der Waals surface area contributed by atoms with Gasteiger partial charge in [0.2, 0.25) is 0 Å². The van der Waals surface area contributed by atoms with Crippen molar-refractivity contribution in [3.8, 4) is 0 Å². The van der Waals surface area contributed by atoms with Crippen molar-refractivity contribution in [1.82, 2.24) is 14.8 Å². The first-order valence-corrected chi connectivity index (χ1v) is 4.68. The Morgan fingerprint density at radius 1 is 1.25 bits per heavy atom. The Hall–Kier alpha value is -1.98. The molecule has 1 heterocycles. The summed E-state index contributed by atoms with van der Waals surface area (Å²) in [7, 11) is 1.75. The Labute approximate surface area is 90.9 Å². The van der Waals surface area contributed by atoms with Crippen LogP contribution in [0.1, 0.15) is 5.82 Å². The zero-order valence-electron chi connectivity index (χ0n) is 8.61. The second kappa shape index (κ2) is 4.26. The summed E-state index contributed by atoms with van der Waals surface area (Å²) in [5.74, 6) is -0.667. The summed E-state index contributed by atoms with van der Waals surface area (Å²) in [6.07, 6.45) is 1.56. The van der Waals surface area contributed by atoms with Gasteiger partial charge in [0.1, 0.15) is 18.0 Å². The van der Waals surface area contributed by atoms with Crippen LogP contribution in [0.2, 0.25) is 0 Å². The molecule has 16 heavy (non-hydrogen) atoms. The lowest BCUT2D eigenvalue weighted by molar-refractivity contribution is 0.584. The van der Waals surface area contributed by atoms with E-state index in [4.69, 9.17) is 0 Å².